The third-order valence-electron chi connectivity index (χ3n) is 3.28. The van der Waals surface area contributed by atoms with Gasteiger partial charge in [-0.3, -0.25) is 4.79 Å². The molecule has 1 aromatic rings. The summed E-state index contributed by atoms with van der Waals surface area (Å²) in [6.45, 7) is 4.76. The minimum absolute atomic E-state index is 0.00387. The van der Waals surface area contributed by atoms with Gasteiger partial charge in [0.15, 0.2) is 0 Å². The number of aromatic nitrogens is 1. The molecule has 0 atom stereocenters. The van der Waals surface area contributed by atoms with Crippen LogP contribution in [0.5, 0.6) is 0 Å². The first kappa shape index (κ1) is 12.8. The Kier molecular flexibility index (Phi) is 4.15. The summed E-state index contributed by atoms with van der Waals surface area (Å²) in [5.41, 5.74) is 0.841. The molecule has 0 aromatic carbocycles. The Balaban J connectivity index is 2.12. The van der Waals surface area contributed by atoms with Crippen molar-refractivity contribution in [1.82, 2.24) is 9.88 Å². The van der Waals surface area contributed by atoms with Crippen LogP contribution in [0.4, 0.5) is 5.82 Å². The van der Waals surface area contributed by atoms with E-state index in [4.69, 9.17) is 0 Å². The van der Waals surface area contributed by atoms with E-state index in [1.165, 1.54) is 0 Å². The highest BCUT2D eigenvalue weighted by molar-refractivity contribution is 5.73. The van der Waals surface area contributed by atoms with Crippen LogP contribution < -0.4 is 4.90 Å². The highest BCUT2D eigenvalue weighted by Gasteiger charge is 2.18. The molecule has 0 aliphatic carbocycles. The van der Waals surface area contributed by atoms with E-state index in [9.17, 15) is 9.90 Å². The molecule has 1 aromatic heterocycles. The monoisotopic (exact) mass is 249 g/mol. The summed E-state index contributed by atoms with van der Waals surface area (Å²) in [7, 11) is 0. The smallest absolute Gasteiger partial charge is 0.219 e. The number of amides is 1. The van der Waals surface area contributed by atoms with Gasteiger partial charge in [0, 0.05) is 44.9 Å². The molecule has 1 amide bonds. The SMILES string of the molecule is CC(=O)N1CCCN(c2ncccc2CO)CC1. The topological polar surface area (TPSA) is 56.7 Å². The molecule has 0 radical (unpaired) electrons. The van der Waals surface area contributed by atoms with Crippen molar-refractivity contribution in [2.45, 2.75) is 20.0 Å². The largest absolute Gasteiger partial charge is 0.392 e. The summed E-state index contributed by atoms with van der Waals surface area (Å²) in [4.78, 5) is 19.7. The number of nitrogens with zero attached hydrogens (tertiary/aromatic N) is 3. The normalized spacial score (nSPS) is 16.6. The lowest BCUT2D eigenvalue weighted by Gasteiger charge is -2.23. The quantitative estimate of drug-likeness (QED) is 0.835. The number of hydrogen-bond acceptors (Lipinski definition) is 4. The Hall–Kier alpha value is -1.62. The fraction of sp³-hybridized carbons (Fsp3) is 0.538. The first-order valence-corrected chi connectivity index (χ1v) is 6.27. The van der Waals surface area contributed by atoms with Crippen molar-refractivity contribution in [1.29, 1.82) is 0 Å². The number of carbonyl (C=O) groups excluding carboxylic acids is 1. The van der Waals surface area contributed by atoms with Crippen molar-refractivity contribution in [3.8, 4) is 0 Å². The molecule has 5 nitrogen and oxygen atoms in total. The van der Waals surface area contributed by atoms with E-state index >= 15 is 0 Å². The van der Waals surface area contributed by atoms with Gasteiger partial charge in [0.05, 0.1) is 6.61 Å². The van der Waals surface area contributed by atoms with Crippen LogP contribution in [0, 0.1) is 0 Å². The number of anilines is 1. The second-order valence-corrected chi connectivity index (χ2v) is 4.49. The van der Waals surface area contributed by atoms with E-state index in [1.54, 1.807) is 13.1 Å². The van der Waals surface area contributed by atoms with E-state index in [-0.39, 0.29) is 12.5 Å². The molecule has 1 saturated heterocycles. The molecule has 5 heteroatoms. The standard InChI is InChI=1S/C13H19N3O2/c1-11(18)15-6-3-7-16(9-8-15)13-12(10-17)4-2-5-14-13/h2,4-5,17H,3,6-10H2,1H3. The maximum atomic E-state index is 11.4. The Labute approximate surface area is 107 Å². The van der Waals surface area contributed by atoms with Crippen LogP contribution >= 0.6 is 0 Å². The number of hydrogen-bond donors (Lipinski definition) is 1. The fourth-order valence-corrected chi connectivity index (χ4v) is 2.28. The van der Waals surface area contributed by atoms with E-state index in [2.05, 4.69) is 9.88 Å². The van der Waals surface area contributed by atoms with Crippen molar-refractivity contribution in [2.75, 3.05) is 31.1 Å². The molecule has 2 rings (SSSR count). The fourth-order valence-electron chi connectivity index (χ4n) is 2.28. The third-order valence-corrected chi connectivity index (χ3v) is 3.28. The highest BCUT2D eigenvalue weighted by atomic mass is 16.3. The van der Waals surface area contributed by atoms with E-state index in [0.717, 1.165) is 44.0 Å². The van der Waals surface area contributed by atoms with Gasteiger partial charge in [0.2, 0.25) is 5.91 Å². The second-order valence-electron chi connectivity index (χ2n) is 4.49. The lowest BCUT2D eigenvalue weighted by atomic mass is 10.2. The maximum Gasteiger partial charge on any atom is 0.219 e. The summed E-state index contributed by atoms with van der Waals surface area (Å²) < 4.78 is 0. The van der Waals surface area contributed by atoms with Crippen molar-refractivity contribution in [3.63, 3.8) is 0 Å². The summed E-state index contributed by atoms with van der Waals surface area (Å²) >= 11 is 0. The van der Waals surface area contributed by atoms with Gasteiger partial charge in [-0.2, -0.15) is 0 Å². The molecule has 2 heterocycles. The van der Waals surface area contributed by atoms with Crippen LogP contribution in [0.25, 0.3) is 0 Å². The Bertz CT molecular complexity index is 422. The van der Waals surface area contributed by atoms with Crippen LogP contribution in [0.1, 0.15) is 18.9 Å². The molecule has 1 aliphatic heterocycles. The number of aliphatic hydroxyl groups excluding tert-OH is 1. The summed E-state index contributed by atoms with van der Waals surface area (Å²) in [5.74, 6) is 0.964. The molecule has 0 spiro atoms. The van der Waals surface area contributed by atoms with Crippen LogP contribution in [-0.2, 0) is 11.4 Å². The average Bonchev–Trinajstić information content (AvgIpc) is 2.64. The second kappa shape index (κ2) is 5.82. The van der Waals surface area contributed by atoms with Crippen LogP contribution in [0.15, 0.2) is 18.3 Å². The van der Waals surface area contributed by atoms with Crippen LogP contribution in [0.2, 0.25) is 0 Å². The predicted molar refractivity (Wildman–Crippen MR) is 69.2 cm³/mol. The van der Waals surface area contributed by atoms with Crippen molar-refractivity contribution < 1.29 is 9.90 Å². The lowest BCUT2D eigenvalue weighted by Crippen LogP contribution is -2.34. The molecule has 0 unspecified atom stereocenters. The molecule has 0 saturated carbocycles. The lowest BCUT2D eigenvalue weighted by molar-refractivity contribution is -0.128. The Morgan fingerprint density at radius 3 is 2.94 bits per heavy atom. The van der Waals surface area contributed by atoms with Crippen LogP contribution in [0.3, 0.4) is 0 Å². The van der Waals surface area contributed by atoms with Gasteiger partial charge in [0.1, 0.15) is 5.82 Å². The van der Waals surface area contributed by atoms with Crippen molar-refractivity contribution in [3.05, 3.63) is 23.9 Å². The van der Waals surface area contributed by atoms with Gasteiger partial charge >= 0.3 is 0 Å². The molecule has 1 fully saturated rings. The van der Waals surface area contributed by atoms with Crippen molar-refractivity contribution >= 4 is 11.7 Å². The average molecular weight is 249 g/mol. The molecule has 98 valence electrons. The summed E-state index contributed by atoms with van der Waals surface area (Å²) in [6, 6.07) is 3.71. The molecular formula is C13H19N3O2. The zero-order valence-corrected chi connectivity index (χ0v) is 10.7. The van der Waals surface area contributed by atoms with Crippen molar-refractivity contribution in [2.24, 2.45) is 0 Å². The third kappa shape index (κ3) is 2.79. The molecule has 1 aliphatic rings. The van der Waals surface area contributed by atoms with E-state index in [1.807, 2.05) is 17.0 Å². The minimum atomic E-state index is -0.00387. The number of pyridine rings is 1. The Morgan fingerprint density at radius 1 is 1.39 bits per heavy atom. The van der Waals surface area contributed by atoms with Gasteiger partial charge in [-0.1, -0.05) is 6.07 Å². The molecular weight excluding hydrogens is 230 g/mol. The van der Waals surface area contributed by atoms with Gasteiger partial charge in [-0.15, -0.1) is 0 Å². The van der Waals surface area contributed by atoms with Crippen LogP contribution in [-0.4, -0.2) is 47.1 Å². The zero-order chi connectivity index (χ0) is 13.0. The Morgan fingerprint density at radius 2 is 2.22 bits per heavy atom. The minimum Gasteiger partial charge on any atom is -0.392 e. The maximum absolute atomic E-state index is 11.4. The number of aliphatic hydroxyl groups is 1. The van der Waals surface area contributed by atoms with E-state index < -0.39 is 0 Å². The van der Waals surface area contributed by atoms with Gasteiger partial charge in [-0.25, -0.2) is 4.98 Å². The number of carbonyl (C=O) groups is 1. The zero-order valence-electron chi connectivity index (χ0n) is 10.7. The highest BCUT2D eigenvalue weighted by Crippen LogP contribution is 2.18. The van der Waals surface area contributed by atoms with Gasteiger partial charge in [0.25, 0.3) is 0 Å². The predicted octanol–water partition coefficient (Wildman–Crippen LogP) is 0.632. The number of rotatable bonds is 2. The first-order valence-electron chi connectivity index (χ1n) is 6.27. The molecule has 18 heavy (non-hydrogen) atoms. The van der Waals surface area contributed by atoms with E-state index in [0.29, 0.717) is 0 Å². The molecule has 1 N–H and O–H groups in total. The summed E-state index contributed by atoms with van der Waals surface area (Å²) in [5, 5.41) is 9.33. The first-order chi connectivity index (χ1) is 8.72. The molecule has 0 bridgehead atoms. The van der Waals surface area contributed by atoms with Gasteiger partial charge in [-0.05, 0) is 12.5 Å². The van der Waals surface area contributed by atoms with Gasteiger partial charge < -0.3 is 14.9 Å². The summed E-state index contributed by atoms with van der Waals surface area (Å²) in [6.07, 6.45) is 2.67.